The number of nitrogens with zero attached hydrogens (tertiary/aromatic N) is 6. The molecule has 5 aromatic rings. The van der Waals surface area contributed by atoms with Crippen molar-refractivity contribution in [2.75, 3.05) is 29.2 Å². The van der Waals surface area contributed by atoms with Crippen LogP contribution >= 0.6 is 0 Å². The highest BCUT2D eigenvalue weighted by Gasteiger charge is 2.41. The van der Waals surface area contributed by atoms with E-state index < -0.39 is 0 Å². The largest absolute Gasteiger partial charge is 0.378 e. The highest BCUT2D eigenvalue weighted by molar-refractivity contribution is 6.51. The first-order valence-corrected chi connectivity index (χ1v) is 13.4. The summed E-state index contributed by atoms with van der Waals surface area (Å²) in [6, 6.07) is 37.2. The number of rotatable bonds is 4. The van der Waals surface area contributed by atoms with Crippen molar-refractivity contribution in [1.29, 1.82) is 0 Å². The summed E-state index contributed by atoms with van der Waals surface area (Å²) in [4.78, 5) is 14.8. The van der Waals surface area contributed by atoms with Gasteiger partial charge in [0.1, 0.15) is 0 Å². The zero-order valence-corrected chi connectivity index (χ0v) is 22.7. The Morgan fingerprint density at radius 2 is 1.43 bits per heavy atom. The molecule has 3 heterocycles. The Balaban J connectivity index is 1.49. The molecule has 7 nitrogen and oxygen atoms in total. The van der Waals surface area contributed by atoms with Gasteiger partial charge < -0.3 is 15.1 Å². The van der Waals surface area contributed by atoms with E-state index in [9.17, 15) is 0 Å². The van der Waals surface area contributed by atoms with Crippen molar-refractivity contribution in [1.82, 2.24) is 9.78 Å². The van der Waals surface area contributed by atoms with Crippen LogP contribution in [0, 0.1) is 6.92 Å². The van der Waals surface area contributed by atoms with E-state index in [1.807, 2.05) is 59.3 Å². The SMILES string of the molecule is Cc1nn(-c2ccccc2)c2c1[C@H](c1ccc(N(C)C)cc1)N1C(=N2)C(Nc2ccccc2)=Nc2ccccc21. The lowest BCUT2D eigenvalue weighted by atomic mass is 9.93. The molecule has 0 saturated carbocycles. The standard InChI is InChI=1S/C33H29N7/c1-22-29-30(23-18-20-25(21-19-23)38(2)3)39-28-17-11-10-16-27(28)35-31(34-24-12-6-4-7-13-24)33(39)36-32(29)40(37-22)26-14-8-5-9-15-26/h4-21,30H,1-3H3,(H,34,35)/t30-/m0/s1. The van der Waals surface area contributed by atoms with Crippen LogP contribution in [0.4, 0.5) is 28.6 Å². The molecule has 1 aromatic heterocycles. The zero-order chi connectivity index (χ0) is 27.2. The van der Waals surface area contributed by atoms with E-state index in [1.54, 1.807) is 0 Å². The number of hydrogen-bond donors (Lipinski definition) is 1. The van der Waals surface area contributed by atoms with Crippen LogP contribution in [-0.4, -0.2) is 35.5 Å². The van der Waals surface area contributed by atoms with E-state index in [2.05, 4.69) is 90.7 Å². The van der Waals surface area contributed by atoms with E-state index in [0.717, 1.165) is 56.9 Å². The van der Waals surface area contributed by atoms with Crippen LogP contribution in [0.3, 0.4) is 0 Å². The summed E-state index contributed by atoms with van der Waals surface area (Å²) in [5.74, 6) is 2.27. The molecule has 0 fully saturated rings. The molecule has 0 spiro atoms. The van der Waals surface area contributed by atoms with Crippen molar-refractivity contribution in [2.24, 2.45) is 9.98 Å². The van der Waals surface area contributed by atoms with Crippen molar-refractivity contribution in [3.8, 4) is 5.69 Å². The third kappa shape index (κ3) is 3.94. The highest BCUT2D eigenvalue weighted by Crippen LogP contribution is 2.48. The number of aromatic nitrogens is 2. The van der Waals surface area contributed by atoms with E-state index >= 15 is 0 Å². The van der Waals surface area contributed by atoms with Gasteiger partial charge in [0.2, 0.25) is 0 Å². The lowest BCUT2D eigenvalue weighted by Gasteiger charge is -2.40. The van der Waals surface area contributed by atoms with Crippen LogP contribution in [0.2, 0.25) is 0 Å². The number of hydrogen-bond acceptors (Lipinski definition) is 6. The van der Waals surface area contributed by atoms with Gasteiger partial charge in [-0.1, -0.05) is 60.7 Å². The van der Waals surface area contributed by atoms with Gasteiger partial charge in [0, 0.05) is 31.0 Å². The molecule has 1 atom stereocenters. The Morgan fingerprint density at radius 3 is 2.15 bits per heavy atom. The van der Waals surface area contributed by atoms with Gasteiger partial charge in [0.05, 0.1) is 28.8 Å². The van der Waals surface area contributed by atoms with Crippen molar-refractivity contribution in [2.45, 2.75) is 13.0 Å². The molecule has 4 aromatic carbocycles. The minimum absolute atomic E-state index is 0.152. The first-order valence-electron chi connectivity index (χ1n) is 13.4. The minimum atomic E-state index is -0.152. The van der Waals surface area contributed by atoms with Gasteiger partial charge in [0.15, 0.2) is 17.5 Å². The van der Waals surface area contributed by atoms with Gasteiger partial charge in [0.25, 0.3) is 0 Å². The molecular formula is C33H29N7. The fourth-order valence-electron chi connectivity index (χ4n) is 5.48. The second-order valence-electron chi connectivity index (χ2n) is 10.2. The monoisotopic (exact) mass is 523 g/mol. The van der Waals surface area contributed by atoms with E-state index in [4.69, 9.17) is 15.1 Å². The van der Waals surface area contributed by atoms with Crippen LogP contribution < -0.4 is 15.1 Å². The first kappa shape index (κ1) is 23.9. The number of aliphatic imine (C=N–C) groups is 2. The lowest BCUT2D eigenvalue weighted by Crippen LogP contribution is -2.46. The molecule has 0 aliphatic carbocycles. The van der Waals surface area contributed by atoms with Crippen LogP contribution in [0.1, 0.15) is 22.9 Å². The fourth-order valence-corrected chi connectivity index (χ4v) is 5.48. The Hall–Kier alpha value is -5.17. The quantitative estimate of drug-likeness (QED) is 0.274. The molecule has 0 amide bonds. The predicted molar refractivity (Wildman–Crippen MR) is 164 cm³/mol. The topological polar surface area (TPSA) is 61.1 Å². The molecule has 0 unspecified atom stereocenters. The smallest absolute Gasteiger partial charge is 0.179 e. The number of nitrogens with one attached hydrogen (secondary N) is 1. The summed E-state index contributed by atoms with van der Waals surface area (Å²) in [6.07, 6.45) is 0. The fraction of sp³-hybridized carbons (Fsp3) is 0.121. The van der Waals surface area contributed by atoms with Crippen LogP contribution in [0.5, 0.6) is 0 Å². The van der Waals surface area contributed by atoms with Gasteiger partial charge in [-0.3, -0.25) is 0 Å². The molecule has 7 rings (SSSR count). The summed E-state index contributed by atoms with van der Waals surface area (Å²) in [5.41, 5.74) is 8.17. The predicted octanol–water partition coefficient (Wildman–Crippen LogP) is 7.04. The normalized spacial score (nSPS) is 15.4. The van der Waals surface area contributed by atoms with Crippen molar-refractivity contribution in [3.63, 3.8) is 0 Å². The van der Waals surface area contributed by atoms with E-state index in [0.29, 0.717) is 5.84 Å². The maximum absolute atomic E-state index is 5.30. The van der Waals surface area contributed by atoms with Gasteiger partial charge >= 0.3 is 0 Å². The number of para-hydroxylation sites is 4. The average molecular weight is 524 g/mol. The van der Waals surface area contributed by atoms with Crippen LogP contribution in [0.25, 0.3) is 5.69 Å². The summed E-state index contributed by atoms with van der Waals surface area (Å²) < 4.78 is 1.96. The van der Waals surface area contributed by atoms with Crippen molar-refractivity contribution < 1.29 is 0 Å². The molecule has 7 heteroatoms. The summed E-state index contributed by atoms with van der Waals surface area (Å²) in [7, 11) is 4.12. The minimum Gasteiger partial charge on any atom is -0.378 e. The number of fused-ring (bicyclic) bond motifs is 4. The van der Waals surface area contributed by atoms with Crippen LogP contribution in [-0.2, 0) is 0 Å². The summed E-state index contributed by atoms with van der Waals surface area (Å²) >= 11 is 0. The second-order valence-corrected chi connectivity index (χ2v) is 10.2. The number of benzene rings is 4. The number of anilines is 3. The maximum Gasteiger partial charge on any atom is 0.179 e. The van der Waals surface area contributed by atoms with Gasteiger partial charge in [-0.25, -0.2) is 14.7 Å². The Labute approximate surface area is 233 Å². The Kier molecular flexibility index (Phi) is 5.70. The van der Waals surface area contributed by atoms with Gasteiger partial charge in [-0.2, -0.15) is 5.10 Å². The molecule has 0 radical (unpaired) electrons. The maximum atomic E-state index is 5.30. The third-order valence-electron chi connectivity index (χ3n) is 7.40. The second kappa shape index (κ2) is 9.54. The average Bonchev–Trinajstić information content (AvgIpc) is 3.33. The molecule has 0 saturated heterocycles. The third-order valence-corrected chi connectivity index (χ3v) is 7.40. The highest BCUT2D eigenvalue weighted by atomic mass is 15.4. The van der Waals surface area contributed by atoms with Crippen molar-refractivity contribution >= 4 is 40.2 Å². The molecular weight excluding hydrogens is 494 g/mol. The molecule has 2 aliphatic rings. The van der Waals surface area contributed by atoms with Crippen molar-refractivity contribution in [3.05, 3.63) is 126 Å². The summed E-state index contributed by atoms with van der Waals surface area (Å²) in [6.45, 7) is 2.08. The molecule has 40 heavy (non-hydrogen) atoms. The molecule has 0 bridgehead atoms. The van der Waals surface area contributed by atoms with E-state index in [1.165, 1.54) is 0 Å². The Morgan fingerprint density at radius 1 is 0.750 bits per heavy atom. The first-order chi connectivity index (χ1) is 19.6. The van der Waals surface area contributed by atoms with Gasteiger partial charge in [-0.15, -0.1) is 0 Å². The van der Waals surface area contributed by atoms with E-state index in [-0.39, 0.29) is 6.04 Å². The lowest BCUT2D eigenvalue weighted by molar-refractivity contribution is 0.815. The molecule has 196 valence electrons. The molecule has 1 N–H and O–H groups in total. The van der Waals surface area contributed by atoms with Gasteiger partial charge in [-0.05, 0) is 61.0 Å². The van der Waals surface area contributed by atoms with Crippen LogP contribution in [0.15, 0.2) is 119 Å². The molecule has 2 aliphatic heterocycles. The summed E-state index contributed by atoms with van der Waals surface area (Å²) in [5, 5.41) is 8.58. The number of aryl methyl sites for hydroxylation is 1. The zero-order valence-electron chi connectivity index (χ0n) is 22.7. The Bertz CT molecular complexity index is 1750. The number of amidine groups is 2.